The van der Waals surface area contributed by atoms with E-state index in [0.29, 0.717) is 23.4 Å². The van der Waals surface area contributed by atoms with Gasteiger partial charge in [0.1, 0.15) is 12.7 Å². The number of carbonyl (C=O) groups excluding carboxylic acids is 2. The van der Waals surface area contributed by atoms with Crippen molar-refractivity contribution in [2.45, 2.75) is 19.4 Å². The largest absolute Gasteiger partial charge is 0.339 e. The molecule has 3 aromatic rings. The van der Waals surface area contributed by atoms with E-state index in [1.54, 1.807) is 47.4 Å². The Hall–Kier alpha value is -3.48. The van der Waals surface area contributed by atoms with E-state index in [2.05, 4.69) is 15.4 Å². The molecule has 0 unspecified atom stereocenters. The molecule has 0 bridgehead atoms. The van der Waals surface area contributed by atoms with Gasteiger partial charge in [-0.3, -0.25) is 9.59 Å². The van der Waals surface area contributed by atoms with Gasteiger partial charge in [-0.05, 0) is 54.8 Å². The van der Waals surface area contributed by atoms with Crippen molar-refractivity contribution in [1.82, 2.24) is 19.7 Å². The Bertz CT molecular complexity index is 943. The predicted molar refractivity (Wildman–Crippen MR) is 105 cm³/mol. The molecule has 1 saturated heterocycles. The summed E-state index contributed by atoms with van der Waals surface area (Å²) in [6, 6.07) is 14.4. The van der Waals surface area contributed by atoms with E-state index in [1.807, 2.05) is 17.0 Å². The fraction of sp³-hybridized carbons (Fsp3) is 0.238. The zero-order valence-corrected chi connectivity index (χ0v) is 15.4. The SMILES string of the molecule is O=C(Nc1ccc(C(=O)N2CCCC2)cc1)c1ccc(Cn2cncn2)cc1. The van der Waals surface area contributed by atoms with Gasteiger partial charge in [0.15, 0.2) is 0 Å². The lowest BCUT2D eigenvalue weighted by Gasteiger charge is -2.15. The topological polar surface area (TPSA) is 80.1 Å². The van der Waals surface area contributed by atoms with Crippen LogP contribution in [0.2, 0.25) is 0 Å². The molecule has 1 aromatic heterocycles. The van der Waals surface area contributed by atoms with Crippen molar-refractivity contribution in [2.24, 2.45) is 0 Å². The van der Waals surface area contributed by atoms with E-state index in [-0.39, 0.29) is 11.8 Å². The van der Waals surface area contributed by atoms with Crippen LogP contribution in [0, 0.1) is 0 Å². The minimum Gasteiger partial charge on any atom is -0.339 e. The summed E-state index contributed by atoms with van der Waals surface area (Å²) in [7, 11) is 0. The second-order valence-electron chi connectivity index (χ2n) is 6.82. The molecular formula is C21H21N5O2. The Morgan fingerprint density at radius 2 is 1.61 bits per heavy atom. The first kappa shape index (κ1) is 17.9. The first-order valence-electron chi connectivity index (χ1n) is 9.31. The molecule has 1 N–H and O–H groups in total. The number of anilines is 1. The van der Waals surface area contributed by atoms with Crippen LogP contribution in [-0.2, 0) is 6.54 Å². The summed E-state index contributed by atoms with van der Waals surface area (Å²) in [5.74, 6) is -0.135. The molecule has 0 spiro atoms. The van der Waals surface area contributed by atoms with Crippen molar-refractivity contribution >= 4 is 17.5 Å². The Morgan fingerprint density at radius 3 is 2.25 bits per heavy atom. The zero-order chi connectivity index (χ0) is 19.3. The van der Waals surface area contributed by atoms with E-state index in [9.17, 15) is 9.59 Å². The highest BCUT2D eigenvalue weighted by molar-refractivity contribution is 6.04. The second-order valence-corrected chi connectivity index (χ2v) is 6.82. The van der Waals surface area contributed by atoms with Crippen LogP contribution in [0.3, 0.4) is 0 Å². The quantitative estimate of drug-likeness (QED) is 0.744. The number of benzene rings is 2. The Kier molecular flexibility index (Phi) is 5.14. The van der Waals surface area contributed by atoms with E-state index >= 15 is 0 Å². The molecule has 1 aliphatic heterocycles. The summed E-state index contributed by atoms with van der Waals surface area (Å²) >= 11 is 0. The molecule has 28 heavy (non-hydrogen) atoms. The molecule has 4 rings (SSSR count). The number of amides is 2. The normalized spacial score (nSPS) is 13.5. The first-order chi connectivity index (χ1) is 13.7. The average Bonchev–Trinajstić information content (AvgIpc) is 3.43. The minimum absolute atomic E-state index is 0.0540. The van der Waals surface area contributed by atoms with Crippen LogP contribution >= 0.6 is 0 Å². The van der Waals surface area contributed by atoms with Gasteiger partial charge in [0.05, 0.1) is 6.54 Å². The second kappa shape index (κ2) is 8.04. The van der Waals surface area contributed by atoms with E-state index < -0.39 is 0 Å². The van der Waals surface area contributed by atoms with Gasteiger partial charge >= 0.3 is 0 Å². The molecule has 1 aliphatic rings. The summed E-state index contributed by atoms with van der Waals surface area (Å²) in [6.07, 6.45) is 5.28. The lowest BCUT2D eigenvalue weighted by atomic mass is 10.1. The van der Waals surface area contributed by atoms with Gasteiger partial charge in [-0.2, -0.15) is 5.10 Å². The fourth-order valence-electron chi connectivity index (χ4n) is 3.27. The third-order valence-electron chi connectivity index (χ3n) is 4.81. The van der Waals surface area contributed by atoms with Crippen LogP contribution < -0.4 is 5.32 Å². The molecule has 2 amide bonds. The molecule has 142 valence electrons. The third kappa shape index (κ3) is 4.09. The number of carbonyl (C=O) groups is 2. The summed E-state index contributed by atoms with van der Waals surface area (Å²) in [4.78, 5) is 30.6. The van der Waals surface area contributed by atoms with Crippen LogP contribution in [0.15, 0.2) is 61.2 Å². The van der Waals surface area contributed by atoms with E-state index in [0.717, 1.165) is 31.5 Å². The van der Waals surface area contributed by atoms with Gasteiger partial charge in [-0.15, -0.1) is 0 Å². The number of likely N-dealkylation sites (tertiary alicyclic amines) is 1. The maximum absolute atomic E-state index is 12.5. The number of nitrogens with zero attached hydrogens (tertiary/aromatic N) is 4. The monoisotopic (exact) mass is 375 g/mol. The van der Waals surface area contributed by atoms with E-state index in [1.165, 1.54) is 6.33 Å². The van der Waals surface area contributed by atoms with Gasteiger partial charge < -0.3 is 10.2 Å². The number of rotatable bonds is 5. The first-order valence-corrected chi connectivity index (χ1v) is 9.31. The average molecular weight is 375 g/mol. The summed E-state index contributed by atoms with van der Waals surface area (Å²) in [6.45, 7) is 2.25. The Balaban J connectivity index is 1.37. The van der Waals surface area contributed by atoms with Crippen molar-refractivity contribution in [2.75, 3.05) is 18.4 Å². The highest BCUT2D eigenvalue weighted by atomic mass is 16.2. The van der Waals surface area contributed by atoms with E-state index in [4.69, 9.17) is 0 Å². The molecule has 0 atom stereocenters. The van der Waals surface area contributed by atoms with Gasteiger partial charge in [-0.25, -0.2) is 9.67 Å². The predicted octanol–water partition coefficient (Wildman–Crippen LogP) is 2.81. The summed E-state index contributed by atoms with van der Waals surface area (Å²) in [5.41, 5.74) is 2.92. The summed E-state index contributed by atoms with van der Waals surface area (Å²) in [5, 5.41) is 6.94. The lowest BCUT2D eigenvalue weighted by molar-refractivity contribution is 0.0792. The number of aromatic nitrogens is 3. The molecule has 7 nitrogen and oxygen atoms in total. The molecule has 7 heteroatoms. The minimum atomic E-state index is -0.189. The highest BCUT2D eigenvalue weighted by Gasteiger charge is 2.19. The molecule has 0 radical (unpaired) electrons. The lowest BCUT2D eigenvalue weighted by Crippen LogP contribution is -2.27. The molecule has 1 fully saturated rings. The third-order valence-corrected chi connectivity index (χ3v) is 4.81. The molecule has 2 aromatic carbocycles. The van der Waals surface area contributed by atoms with Crippen molar-refractivity contribution in [3.63, 3.8) is 0 Å². The smallest absolute Gasteiger partial charge is 0.255 e. The van der Waals surface area contributed by atoms with Gasteiger partial charge in [0.25, 0.3) is 11.8 Å². The van der Waals surface area contributed by atoms with Gasteiger partial charge in [0.2, 0.25) is 0 Å². The molecule has 2 heterocycles. The van der Waals surface area contributed by atoms with Crippen molar-refractivity contribution < 1.29 is 9.59 Å². The van der Waals surface area contributed by atoms with Crippen LogP contribution in [0.1, 0.15) is 39.1 Å². The Labute approximate surface area is 163 Å². The van der Waals surface area contributed by atoms with Crippen LogP contribution in [0.4, 0.5) is 5.69 Å². The molecule has 0 saturated carbocycles. The van der Waals surface area contributed by atoms with Crippen LogP contribution in [-0.4, -0.2) is 44.6 Å². The van der Waals surface area contributed by atoms with Gasteiger partial charge in [-0.1, -0.05) is 12.1 Å². The van der Waals surface area contributed by atoms with Gasteiger partial charge in [0, 0.05) is 29.9 Å². The summed E-state index contributed by atoms with van der Waals surface area (Å²) < 4.78 is 1.72. The molecular weight excluding hydrogens is 354 g/mol. The fourth-order valence-corrected chi connectivity index (χ4v) is 3.27. The van der Waals surface area contributed by atoms with Crippen molar-refractivity contribution in [3.05, 3.63) is 77.9 Å². The van der Waals surface area contributed by atoms with Crippen molar-refractivity contribution in [1.29, 1.82) is 0 Å². The number of nitrogens with one attached hydrogen (secondary N) is 1. The van der Waals surface area contributed by atoms with Crippen LogP contribution in [0.5, 0.6) is 0 Å². The zero-order valence-electron chi connectivity index (χ0n) is 15.4. The standard InChI is InChI=1S/C21H21N5O2/c27-20(17-5-3-16(4-6-17)13-26-15-22-14-23-26)24-19-9-7-18(8-10-19)21(28)25-11-1-2-12-25/h3-10,14-15H,1-2,11-13H2,(H,24,27). The number of hydrogen-bond acceptors (Lipinski definition) is 4. The Morgan fingerprint density at radius 1 is 0.929 bits per heavy atom. The highest BCUT2D eigenvalue weighted by Crippen LogP contribution is 2.16. The van der Waals surface area contributed by atoms with Crippen LogP contribution in [0.25, 0.3) is 0 Å². The number of hydrogen-bond donors (Lipinski definition) is 1. The molecule has 0 aliphatic carbocycles. The maximum atomic E-state index is 12.5. The van der Waals surface area contributed by atoms with Crippen molar-refractivity contribution in [3.8, 4) is 0 Å². The maximum Gasteiger partial charge on any atom is 0.255 e.